The van der Waals surface area contributed by atoms with E-state index in [1.807, 2.05) is 0 Å². The Bertz CT molecular complexity index is 616. The Balaban J connectivity index is 2.05. The van der Waals surface area contributed by atoms with E-state index in [1.54, 1.807) is 13.0 Å². The molecule has 1 aliphatic carbocycles. The Kier molecular flexibility index (Phi) is 2.43. The summed E-state index contributed by atoms with van der Waals surface area (Å²) in [5.41, 5.74) is 1.49. The molecule has 6 nitrogen and oxygen atoms in total. The van der Waals surface area contributed by atoms with Crippen LogP contribution in [0, 0.1) is 0 Å². The third-order valence-corrected chi connectivity index (χ3v) is 2.91. The van der Waals surface area contributed by atoms with E-state index >= 15 is 0 Å². The molecule has 0 atom stereocenters. The van der Waals surface area contributed by atoms with E-state index in [0.29, 0.717) is 18.2 Å². The summed E-state index contributed by atoms with van der Waals surface area (Å²) in [5.74, 6) is -0.0744. The van der Waals surface area contributed by atoms with Crippen LogP contribution in [0.15, 0.2) is 12.1 Å². The van der Waals surface area contributed by atoms with Crippen molar-refractivity contribution in [3.63, 3.8) is 0 Å². The fourth-order valence-corrected chi connectivity index (χ4v) is 1.87. The first kappa shape index (κ1) is 11.0. The predicted molar refractivity (Wildman–Crippen MR) is 62.6 cm³/mol. The van der Waals surface area contributed by atoms with Crippen LogP contribution in [0.25, 0.3) is 5.65 Å². The molecule has 1 saturated carbocycles. The van der Waals surface area contributed by atoms with Crippen LogP contribution in [0.4, 0.5) is 0 Å². The smallest absolute Gasteiger partial charge is 0.358 e. The zero-order chi connectivity index (χ0) is 12.7. The highest BCUT2D eigenvalue weighted by atomic mass is 16.5. The minimum Gasteiger partial charge on any atom is -0.493 e. The lowest BCUT2D eigenvalue weighted by Gasteiger charge is -2.00. The van der Waals surface area contributed by atoms with Crippen LogP contribution >= 0.6 is 0 Å². The van der Waals surface area contributed by atoms with Gasteiger partial charge in [-0.25, -0.2) is 9.78 Å². The molecule has 0 aliphatic heterocycles. The average Bonchev–Trinajstić information content (AvgIpc) is 3.09. The summed E-state index contributed by atoms with van der Waals surface area (Å²) in [5, 5.41) is 13.8. The Morgan fingerprint density at radius 1 is 1.56 bits per heavy atom. The number of fused-ring (bicyclic) bond motifs is 1. The summed E-state index contributed by atoms with van der Waals surface area (Å²) in [6.45, 7) is 2.02. The van der Waals surface area contributed by atoms with Crippen molar-refractivity contribution in [2.75, 3.05) is 6.61 Å². The molecule has 2 heterocycles. The predicted octanol–water partition coefficient (Wildman–Crippen LogP) is 1.49. The summed E-state index contributed by atoms with van der Waals surface area (Å²) >= 11 is 0. The fraction of sp³-hybridized carbons (Fsp3) is 0.417. The highest BCUT2D eigenvalue weighted by molar-refractivity contribution is 5.88. The molecule has 18 heavy (non-hydrogen) atoms. The van der Waals surface area contributed by atoms with Crippen molar-refractivity contribution in [3.05, 3.63) is 23.5 Å². The minimum absolute atomic E-state index is 0.00236. The second kappa shape index (κ2) is 3.97. The SMILES string of the molecule is CCOC(=O)c1cc2nc(C3CC3)cc(O)n2n1. The highest BCUT2D eigenvalue weighted by Crippen LogP contribution is 2.40. The van der Waals surface area contributed by atoms with E-state index in [0.717, 1.165) is 18.5 Å². The number of esters is 1. The fourth-order valence-electron chi connectivity index (χ4n) is 1.87. The van der Waals surface area contributed by atoms with Crippen LogP contribution in [0.5, 0.6) is 5.88 Å². The van der Waals surface area contributed by atoms with Gasteiger partial charge in [0.15, 0.2) is 11.3 Å². The maximum Gasteiger partial charge on any atom is 0.358 e. The molecular weight excluding hydrogens is 234 g/mol. The summed E-state index contributed by atoms with van der Waals surface area (Å²) < 4.78 is 6.11. The molecule has 0 aromatic carbocycles. The summed E-state index contributed by atoms with van der Waals surface area (Å²) in [6, 6.07) is 3.14. The van der Waals surface area contributed by atoms with Crippen molar-refractivity contribution in [1.82, 2.24) is 14.6 Å². The molecule has 0 saturated heterocycles. The Morgan fingerprint density at radius 2 is 2.33 bits per heavy atom. The zero-order valence-corrected chi connectivity index (χ0v) is 9.96. The zero-order valence-electron chi connectivity index (χ0n) is 9.96. The van der Waals surface area contributed by atoms with Crippen LogP contribution in [-0.2, 0) is 4.74 Å². The number of ether oxygens (including phenoxy) is 1. The highest BCUT2D eigenvalue weighted by Gasteiger charge is 2.26. The Labute approximate surface area is 103 Å². The second-order valence-corrected chi connectivity index (χ2v) is 4.33. The van der Waals surface area contributed by atoms with Gasteiger partial charge in [0.25, 0.3) is 0 Å². The Morgan fingerprint density at radius 3 is 3.00 bits per heavy atom. The van der Waals surface area contributed by atoms with Gasteiger partial charge in [0.2, 0.25) is 5.88 Å². The lowest BCUT2D eigenvalue weighted by Crippen LogP contribution is -2.05. The molecule has 0 unspecified atom stereocenters. The second-order valence-electron chi connectivity index (χ2n) is 4.33. The molecule has 0 bridgehead atoms. The van der Waals surface area contributed by atoms with Crippen molar-refractivity contribution < 1.29 is 14.6 Å². The van der Waals surface area contributed by atoms with Crippen LogP contribution in [0.2, 0.25) is 0 Å². The number of hydrogen-bond donors (Lipinski definition) is 1. The molecular formula is C12H13N3O3. The molecule has 2 aromatic rings. The van der Waals surface area contributed by atoms with Crippen LogP contribution in [-0.4, -0.2) is 32.3 Å². The first-order valence-corrected chi connectivity index (χ1v) is 5.96. The van der Waals surface area contributed by atoms with Crippen molar-refractivity contribution in [2.24, 2.45) is 0 Å². The largest absolute Gasteiger partial charge is 0.493 e. The molecule has 0 spiro atoms. The van der Waals surface area contributed by atoms with E-state index in [-0.39, 0.29) is 11.6 Å². The third-order valence-electron chi connectivity index (χ3n) is 2.91. The molecule has 1 N–H and O–H groups in total. The van der Waals surface area contributed by atoms with Crippen molar-refractivity contribution in [2.45, 2.75) is 25.7 Å². The van der Waals surface area contributed by atoms with Gasteiger partial charge >= 0.3 is 5.97 Å². The van der Waals surface area contributed by atoms with E-state index in [9.17, 15) is 9.90 Å². The lowest BCUT2D eigenvalue weighted by molar-refractivity contribution is 0.0519. The molecule has 2 aromatic heterocycles. The monoisotopic (exact) mass is 247 g/mol. The summed E-state index contributed by atoms with van der Waals surface area (Å²) in [7, 11) is 0. The molecule has 1 fully saturated rings. The number of carbonyl (C=O) groups excluding carboxylic acids is 1. The van der Waals surface area contributed by atoms with E-state index in [2.05, 4.69) is 10.1 Å². The number of aromatic hydroxyl groups is 1. The number of rotatable bonds is 3. The van der Waals surface area contributed by atoms with E-state index in [1.165, 1.54) is 10.6 Å². The minimum atomic E-state index is -0.504. The standard InChI is InChI=1S/C12H13N3O3/c1-2-18-12(17)9-5-10-13-8(7-3-4-7)6-11(16)15(10)14-9/h5-7,16H,2-4H2,1H3. The topological polar surface area (TPSA) is 76.7 Å². The normalized spacial score (nSPS) is 14.9. The van der Waals surface area contributed by atoms with Gasteiger partial charge < -0.3 is 9.84 Å². The number of nitrogens with zero attached hydrogens (tertiary/aromatic N) is 3. The van der Waals surface area contributed by atoms with Crippen molar-refractivity contribution >= 4 is 11.6 Å². The number of carbonyl (C=O) groups is 1. The first-order valence-electron chi connectivity index (χ1n) is 5.96. The number of aromatic nitrogens is 3. The van der Waals surface area contributed by atoms with E-state index < -0.39 is 5.97 Å². The Hall–Kier alpha value is -2.11. The lowest BCUT2D eigenvalue weighted by atomic mass is 10.3. The van der Waals surface area contributed by atoms with Gasteiger partial charge in [-0.2, -0.15) is 9.61 Å². The third kappa shape index (κ3) is 1.79. The van der Waals surface area contributed by atoms with Gasteiger partial charge in [-0.1, -0.05) is 0 Å². The van der Waals surface area contributed by atoms with Gasteiger partial charge in [0.05, 0.1) is 12.3 Å². The van der Waals surface area contributed by atoms with Crippen molar-refractivity contribution in [3.8, 4) is 5.88 Å². The molecule has 3 rings (SSSR count). The van der Waals surface area contributed by atoms with Gasteiger partial charge in [0, 0.05) is 18.1 Å². The maximum atomic E-state index is 11.5. The van der Waals surface area contributed by atoms with Gasteiger partial charge in [-0.15, -0.1) is 0 Å². The maximum absolute atomic E-state index is 11.5. The van der Waals surface area contributed by atoms with Gasteiger partial charge in [0.1, 0.15) is 0 Å². The quantitative estimate of drug-likeness (QED) is 0.831. The van der Waals surface area contributed by atoms with Crippen molar-refractivity contribution in [1.29, 1.82) is 0 Å². The van der Waals surface area contributed by atoms with Crippen LogP contribution in [0.1, 0.15) is 41.9 Å². The summed E-state index contributed by atoms with van der Waals surface area (Å²) in [6.07, 6.45) is 2.20. The molecule has 0 radical (unpaired) electrons. The summed E-state index contributed by atoms with van der Waals surface area (Å²) in [4.78, 5) is 15.9. The molecule has 94 valence electrons. The molecule has 1 aliphatic rings. The van der Waals surface area contributed by atoms with Gasteiger partial charge in [-0.05, 0) is 19.8 Å². The molecule has 6 heteroatoms. The van der Waals surface area contributed by atoms with Gasteiger partial charge in [-0.3, -0.25) is 0 Å². The van der Waals surface area contributed by atoms with E-state index in [4.69, 9.17) is 4.74 Å². The molecule has 0 amide bonds. The number of hydrogen-bond acceptors (Lipinski definition) is 5. The first-order chi connectivity index (χ1) is 8.69. The van der Waals surface area contributed by atoms with Crippen LogP contribution < -0.4 is 0 Å². The average molecular weight is 247 g/mol. The van der Waals surface area contributed by atoms with Crippen LogP contribution in [0.3, 0.4) is 0 Å².